The number of nitrogens with one attached hydrogen (secondary N) is 2. The van der Waals surface area contributed by atoms with Crippen LogP contribution in [0.1, 0.15) is 92.9 Å². The summed E-state index contributed by atoms with van der Waals surface area (Å²) in [7, 11) is 1.62. The predicted molar refractivity (Wildman–Crippen MR) is 251 cm³/mol. The number of rotatable bonds is 9. The van der Waals surface area contributed by atoms with Crippen LogP contribution in [0.2, 0.25) is 0 Å². The molecule has 6 aromatic rings. The second-order valence-corrected chi connectivity index (χ2v) is 17.0. The van der Waals surface area contributed by atoms with Crippen LogP contribution in [0.5, 0.6) is 0 Å². The van der Waals surface area contributed by atoms with Gasteiger partial charge in [0.15, 0.2) is 5.78 Å². The van der Waals surface area contributed by atoms with Gasteiger partial charge < -0.3 is 22.1 Å². The number of halogens is 6. The van der Waals surface area contributed by atoms with E-state index in [2.05, 4.69) is 21.7 Å². The maximum absolute atomic E-state index is 14.6. The predicted octanol–water partition coefficient (Wildman–Crippen LogP) is 12.4. The van der Waals surface area contributed by atoms with E-state index in [1.54, 1.807) is 55.6 Å². The number of alkyl halides is 6. The summed E-state index contributed by atoms with van der Waals surface area (Å²) in [4.78, 5) is 33.3. The van der Waals surface area contributed by atoms with Gasteiger partial charge >= 0.3 is 12.4 Å². The van der Waals surface area contributed by atoms with E-state index in [0.29, 0.717) is 24.1 Å². The normalized spacial score (nSPS) is 14.9. The minimum Gasteiger partial charge on any atom is -0.397 e. The van der Waals surface area contributed by atoms with E-state index >= 15 is 0 Å². The summed E-state index contributed by atoms with van der Waals surface area (Å²) >= 11 is 0. The molecule has 66 heavy (non-hydrogen) atoms. The van der Waals surface area contributed by atoms with Crippen LogP contribution in [0.4, 0.5) is 60.5 Å². The van der Waals surface area contributed by atoms with E-state index in [1.165, 1.54) is 62.4 Å². The van der Waals surface area contributed by atoms with Crippen molar-refractivity contribution in [1.29, 1.82) is 0 Å². The molecule has 8 nitrogen and oxygen atoms in total. The maximum Gasteiger partial charge on any atom is 0.402 e. The van der Waals surface area contributed by atoms with Crippen LogP contribution in [0.25, 0.3) is 0 Å². The SMILES string of the molecule is CC1=Nc2ccc(C(C)(c3ccc4c(c3)CC(c3cccc(C)c3)=N4)C(F)(F)F)cc2C1.CNc1ccc(C(C)(c2ccc(NC(=O)c3cccc(C(C)=O)c3)c(N)c2)C(F)(F)F)cc1N. The first kappa shape index (κ1) is 46.8. The number of aryl methyl sites for hydroxylation is 1. The Kier molecular flexibility index (Phi) is 12.5. The number of fused-ring (bicyclic) bond motifs is 2. The molecule has 2 atom stereocenters. The third-order valence-corrected chi connectivity index (χ3v) is 12.5. The van der Waals surface area contributed by atoms with Crippen molar-refractivity contribution >= 4 is 57.2 Å². The molecule has 2 heterocycles. The monoisotopic (exact) mass is 902 g/mol. The Morgan fingerprint density at radius 3 is 1.62 bits per heavy atom. The molecule has 6 aromatic carbocycles. The van der Waals surface area contributed by atoms with Crippen molar-refractivity contribution in [3.05, 3.63) is 177 Å². The molecule has 2 aliphatic heterocycles. The molecule has 0 saturated carbocycles. The molecule has 0 saturated heterocycles. The van der Waals surface area contributed by atoms with Gasteiger partial charge in [0.05, 0.1) is 39.8 Å². The number of anilines is 4. The molecule has 0 radical (unpaired) electrons. The van der Waals surface area contributed by atoms with Crippen molar-refractivity contribution in [2.24, 2.45) is 9.98 Å². The van der Waals surface area contributed by atoms with Gasteiger partial charge in [0.1, 0.15) is 10.8 Å². The third kappa shape index (κ3) is 8.91. The van der Waals surface area contributed by atoms with Crippen molar-refractivity contribution in [2.45, 2.75) is 70.6 Å². The van der Waals surface area contributed by atoms with Crippen LogP contribution in [-0.2, 0) is 23.7 Å². The Hall–Kier alpha value is -7.22. The molecular weight excluding hydrogens is 855 g/mol. The van der Waals surface area contributed by atoms with Crippen molar-refractivity contribution in [3.63, 3.8) is 0 Å². The number of hydrogen-bond acceptors (Lipinski definition) is 7. The lowest BCUT2D eigenvalue weighted by Crippen LogP contribution is -2.40. The van der Waals surface area contributed by atoms with Gasteiger partial charge in [0.25, 0.3) is 5.91 Å². The average Bonchev–Trinajstić information content (AvgIpc) is 3.88. The van der Waals surface area contributed by atoms with Crippen LogP contribution in [-0.4, -0.2) is 42.5 Å². The average molecular weight is 903 g/mol. The number of carbonyl (C=O) groups excluding carboxylic acids is 2. The van der Waals surface area contributed by atoms with Gasteiger partial charge in [-0.25, -0.2) is 0 Å². The molecule has 6 N–H and O–H groups in total. The lowest BCUT2D eigenvalue weighted by molar-refractivity contribution is -0.173. The standard InChI is InChI=1S/C27H23F3N2.C25H25F3N4O2/c1-16-5-4-6-18(11-16)25-15-20-14-22(8-10-24(20)32-25)26(3,27(28,29)30)21-7-9-23-19(13-21)12-17(2)31-23;1-14(33)15-5-4-6-16(11-15)23(34)32-22-10-8-18(13-20(22)30)24(2,25(26,27)28)17-7-9-21(31-3)19(29)12-17/h4-11,13-14H,12,15H2,1-3H3;4-13,31H,29-30H2,1-3H3,(H,32,34). The Morgan fingerprint density at radius 2 is 1.09 bits per heavy atom. The van der Waals surface area contributed by atoms with Gasteiger partial charge in [-0.3, -0.25) is 19.6 Å². The fourth-order valence-corrected chi connectivity index (χ4v) is 8.32. The number of nitrogen functional groups attached to an aromatic ring is 2. The first-order chi connectivity index (χ1) is 31.0. The zero-order valence-corrected chi connectivity index (χ0v) is 37.1. The van der Waals surface area contributed by atoms with E-state index in [4.69, 9.17) is 16.5 Å². The summed E-state index contributed by atoms with van der Waals surface area (Å²) < 4.78 is 86.8. The third-order valence-electron chi connectivity index (χ3n) is 12.5. The number of hydrogen-bond donors (Lipinski definition) is 4. The molecule has 340 valence electrons. The van der Waals surface area contributed by atoms with E-state index in [0.717, 1.165) is 52.0 Å². The molecular formula is C52H48F6N6O2. The number of Topliss-reactive ketones (excluding diaryl/α,β-unsaturated/α-hetero) is 1. The summed E-state index contributed by atoms with van der Waals surface area (Å²) in [6.07, 6.45) is -8.00. The molecule has 0 aliphatic carbocycles. The first-order valence-corrected chi connectivity index (χ1v) is 21.0. The van der Waals surface area contributed by atoms with Crippen LogP contribution in [0, 0.1) is 6.92 Å². The number of benzene rings is 6. The van der Waals surface area contributed by atoms with E-state index in [1.807, 2.05) is 32.0 Å². The van der Waals surface area contributed by atoms with Gasteiger partial charge in [-0.2, -0.15) is 26.3 Å². The molecule has 2 unspecified atom stereocenters. The highest BCUT2D eigenvalue weighted by atomic mass is 19.4. The summed E-state index contributed by atoms with van der Waals surface area (Å²) in [5, 5.41) is 5.41. The maximum atomic E-state index is 14.6. The molecule has 8 rings (SSSR count). The van der Waals surface area contributed by atoms with Gasteiger partial charge in [0.2, 0.25) is 0 Å². The second-order valence-electron chi connectivity index (χ2n) is 17.0. The van der Waals surface area contributed by atoms with Gasteiger partial charge in [-0.05, 0) is 122 Å². The minimum absolute atomic E-state index is 0.0381. The second kappa shape index (κ2) is 17.6. The fourth-order valence-electron chi connectivity index (χ4n) is 8.32. The minimum atomic E-state index is -4.66. The number of ketones is 1. The largest absolute Gasteiger partial charge is 0.402 e. The summed E-state index contributed by atoms with van der Waals surface area (Å²) in [5.74, 6) is -0.745. The molecule has 0 spiro atoms. The Balaban J connectivity index is 0.000000197. The van der Waals surface area contributed by atoms with Gasteiger partial charge in [-0.15, -0.1) is 0 Å². The molecule has 0 fully saturated rings. The fraction of sp³-hybridized carbons (Fsp3) is 0.231. The lowest BCUT2D eigenvalue weighted by Gasteiger charge is -2.34. The highest BCUT2D eigenvalue weighted by Crippen LogP contribution is 2.50. The molecule has 1 amide bonds. The van der Waals surface area contributed by atoms with Crippen LogP contribution in [0.15, 0.2) is 131 Å². The van der Waals surface area contributed by atoms with Crippen molar-refractivity contribution in [3.8, 4) is 0 Å². The highest BCUT2D eigenvalue weighted by Gasteiger charge is 2.55. The first-order valence-electron chi connectivity index (χ1n) is 21.0. The van der Waals surface area contributed by atoms with Gasteiger partial charge in [0, 0.05) is 36.7 Å². The Bertz CT molecular complexity index is 2960. The molecule has 14 heteroatoms. The smallest absolute Gasteiger partial charge is 0.397 e. The Morgan fingerprint density at radius 1 is 0.591 bits per heavy atom. The van der Waals surface area contributed by atoms with E-state index < -0.39 is 29.1 Å². The zero-order chi connectivity index (χ0) is 47.9. The lowest BCUT2D eigenvalue weighted by atomic mass is 9.74. The van der Waals surface area contributed by atoms with Crippen LogP contribution < -0.4 is 22.1 Å². The summed E-state index contributed by atoms with van der Waals surface area (Å²) in [5.41, 5.74) is 16.3. The molecule has 0 bridgehead atoms. The van der Waals surface area contributed by atoms with E-state index in [9.17, 15) is 35.9 Å². The number of amides is 1. The highest BCUT2D eigenvalue weighted by molar-refractivity contribution is 6.08. The van der Waals surface area contributed by atoms with Crippen LogP contribution in [0.3, 0.4) is 0 Å². The molecule has 0 aromatic heterocycles. The van der Waals surface area contributed by atoms with Crippen LogP contribution >= 0.6 is 0 Å². The van der Waals surface area contributed by atoms with Crippen molar-refractivity contribution in [1.82, 2.24) is 0 Å². The van der Waals surface area contributed by atoms with E-state index in [-0.39, 0.29) is 50.7 Å². The molecule has 2 aliphatic rings. The summed E-state index contributed by atoms with van der Waals surface area (Å²) in [6.45, 7) is 7.62. The van der Waals surface area contributed by atoms with Crippen molar-refractivity contribution in [2.75, 3.05) is 29.1 Å². The van der Waals surface area contributed by atoms with Crippen molar-refractivity contribution < 1.29 is 35.9 Å². The zero-order valence-electron chi connectivity index (χ0n) is 37.1. The number of aliphatic imine (C=N–C) groups is 2. The quantitative estimate of drug-likeness (QED) is 0.0651. The topological polar surface area (TPSA) is 135 Å². The number of carbonyl (C=O) groups is 2. The summed E-state index contributed by atoms with van der Waals surface area (Å²) in [6, 6.07) is 32.0. The Labute approximate surface area is 378 Å². The number of nitrogens with zero attached hydrogens (tertiary/aromatic N) is 2. The number of nitrogens with two attached hydrogens (primary N) is 2. The van der Waals surface area contributed by atoms with Gasteiger partial charge in [-0.1, -0.05) is 78.4 Å².